The number of aromatic nitrogens is 1. The van der Waals surface area contributed by atoms with Crippen molar-refractivity contribution in [3.05, 3.63) is 30.1 Å². The summed E-state index contributed by atoms with van der Waals surface area (Å²) in [7, 11) is 0. The van der Waals surface area contributed by atoms with E-state index in [1.54, 1.807) is 18.3 Å². The second-order valence-electron chi connectivity index (χ2n) is 6.20. The van der Waals surface area contributed by atoms with Gasteiger partial charge >= 0.3 is 6.18 Å². The molecule has 2 amide bonds. The molecule has 0 saturated carbocycles. The smallest absolute Gasteiger partial charge is 0.356 e. The van der Waals surface area contributed by atoms with E-state index >= 15 is 0 Å². The van der Waals surface area contributed by atoms with Crippen LogP contribution in [0.2, 0.25) is 0 Å². The van der Waals surface area contributed by atoms with E-state index in [1.807, 2.05) is 0 Å². The van der Waals surface area contributed by atoms with Crippen molar-refractivity contribution >= 4 is 11.8 Å². The van der Waals surface area contributed by atoms with Crippen LogP contribution in [0, 0.1) is 5.92 Å². The first-order valence-corrected chi connectivity index (χ1v) is 8.02. The molecule has 2 atom stereocenters. The Balaban J connectivity index is 1.71. The van der Waals surface area contributed by atoms with Crippen LogP contribution in [0.3, 0.4) is 0 Å². The molecule has 0 aliphatic carbocycles. The van der Waals surface area contributed by atoms with Crippen LogP contribution in [0.1, 0.15) is 24.4 Å². The zero-order valence-corrected chi connectivity index (χ0v) is 13.3. The summed E-state index contributed by atoms with van der Waals surface area (Å²) in [6.07, 6.45) is -2.35. The van der Waals surface area contributed by atoms with Gasteiger partial charge < -0.3 is 15.0 Å². The molecule has 2 saturated heterocycles. The summed E-state index contributed by atoms with van der Waals surface area (Å²) in [4.78, 5) is 29.7. The number of likely N-dealkylation sites (tertiary alicyclic amines) is 1. The highest BCUT2D eigenvalue weighted by Gasteiger charge is 2.44. The number of hydrogen-bond acceptors (Lipinski definition) is 4. The fraction of sp³-hybridized carbons (Fsp3) is 0.562. The van der Waals surface area contributed by atoms with Crippen molar-refractivity contribution in [2.75, 3.05) is 19.7 Å². The number of ether oxygens (including phenoxy) is 1. The van der Waals surface area contributed by atoms with E-state index in [9.17, 15) is 22.8 Å². The summed E-state index contributed by atoms with van der Waals surface area (Å²) < 4.78 is 43.7. The quantitative estimate of drug-likeness (QED) is 0.869. The summed E-state index contributed by atoms with van der Waals surface area (Å²) in [5, 5.41) is 2.70. The van der Waals surface area contributed by atoms with Gasteiger partial charge in [0, 0.05) is 25.5 Å². The molecule has 0 spiro atoms. The molecule has 2 fully saturated rings. The molecule has 3 heterocycles. The van der Waals surface area contributed by atoms with Gasteiger partial charge in [-0.3, -0.25) is 14.6 Å². The van der Waals surface area contributed by atoms with E-state index in [0.717, 1.165) is 0 Å². The lowest BCUT2D eigenvalue weighted by atomic mass is 9.94. The minimum atomic E-state index is -4.23. The Morgan fingerprint density at radius 3 is 2.64 bits per heavy atom. The molecule has 1 aromatic rings. The minimum Gasteiger partial charge on any atom is -0.356 e. The maximum Gasteiger partial charge on any atom is 0.391 e. The number of amides is 2. The number of hydrogen-bond donors (Lipinski definition) is 1. The normalized spacial score (nSPS) is 25.6. The molecular weight excluding hydrogens is 339 g/mol. The third-order valence-electron chi connectivity index (χ3n) is 4.57. The van der Waals surface area contributed by atoms with E-state index < -0.39 is 30.1 Å². The van der Waals surface area contributed by atoms with Crippen molar-refractivity contribution in [1.29, 1.82) is 0 Å². The largest absolute Gasteiger partial charge is 0.391 e. The molecule has 1 aromatic heterocycles. The number of piperidine rings is 1. The average Bonchev–Trinajstić information content (AvgIpc) is 2.61. The summed E-state index contributed by atoms with van der Waals surface area (Å²) in [6, 6.07) is 2.68. The highest BCUT2D eigenvalue weighted by atomic mass is 19.4. The van der Waals surface area contributed by atoms with Gasteiger partial charge in [0.05, 0.1) is 12.0 Å². The maximum atomic E-state index is 12.8. The maximum absolute atomic E-state index is 12.8. The molecule has 2 aliphatic heterocycles. The van der Waals surface area contributed by atoms with Gasteiger partial charge in [-0.05, 0) is 24.5 Å². The molecule has 136 valence electrons. The molecule has 2 aliphatic rings. The fourth-order valence-electron chi connectivity index (χ4n) is 3.19. The van der Waals surface area contributed by atoms with Crippen molar-refractivity contribution in [2.45, 2.75) is 31.2 Å². The first-order valence-electron chi connectivity index (χ1n) is 8.02. The Bertz CT molecular complexity index is 631. The van der Waals surface area contributed by atoms with Gasteiger partial charge in [0.15, 0.2) is 6.10 Å². The minimum absolute atomic E-state index is 0.0244. The van der Waals surface area contributed by atoms with Crippen LogP contribution in [0.25, 0.3) is 0 Å². The summed E-state index contributed by atoms with van der Waals surface area (Å²) in [5.41, 5.74) is 0.610. The monoisotopic (exact) mass is 357 g/mol. The Morgan fingerprint density at radius 2 is 2.04 bits per heavy atom. The van der Waals surface area contributed by atoms with Gasteiger partial charge in [-0.25, -0.2) is 0 Å². The predicted octanol–water partition coefficient (Wildman–Crippen LogP) is 1.44. The highest BCUT2D eigenvalue weighted by molar-refractivity contribution is 5.86. The Hall–Kier alpha value is -2.16. The first-order chi connectivity index (χ1) is 11.9. The number of nitrogens with zero attached hydrogens (tertiary/aromatic N) is 2. The molecule has 6 nitrogen and oxygen atoms in total. The average molecular weight is 357 g/mol. The number of nitrogens with one attached hydrogen (secondary N) is 1. The van der Waals surface area contributed by atoms with Crippen molar-refractivity contribution < 1.29 is 27.5 Å². The summed E-state index contributed by atoms with van der Waals surface area (Å²) in [5.74, 6) is -2.14. The van der Waals surface area contributed by atoms with Crippen LogP contribution >= 0.6 is 0 Å². The number of carbonyl (C=O) groups is 2. The third kappa shape index (κ3) is 3.92. The van der Waals surface area contributed by atoms with Gasteiger partial charge in [0.25, 0.3) is 5.91 Å². The number of rotatable bonds is 2. The van der Waals surface area contributed by atoms with Crippen molar-refractivity contribution in [3.63, 3.8) is 0 Å². The SMILES string of the molecule is O=C1CO[C@H](C(=O)N2CCC(C(F)(F)F)CC2)[C@@H](c2cccnc2)N1. The molecule has 1 N–H and O–H groups in total. The van der Waals surface area contributed by atoms with Crippen LogP contribution in [0.4, 0.5) is 13.2 Å². The Kier molecular flexibility index (Phi) is 4.94. The van der Waals surface area contributed by atoms with Gasteiger partial charge in [0.1, 0.15) is 6.61 Å². The van der Waals surface area contributed by atoms with Crippen LogP contribution in [-0.4, -0.2) is 53.7 Å². The second kappa shape index (κ2) is 6.99. The van der Waals surface area contributed by atoms with Crippen molar-refractivity contribution in [2.24, 2.45) is 5.92 Å². The second-order valence-corrected chi connectivity index (χ2v) is 6.20. The number of morpholine rings is 1. The van der Waals surface area contributed by atoms with E-state index in [4.69, 9.17) is 4.74 Å². The summed E-state index contributed by atoms with van der Waals surface area (Å²) >= 11 is 0. The zero-order valence-electron chi connectivity index (χ0n) is 13.3. The van der Waals surface area contributed by atoms with Gasteiger partial charge in [0.2, 0.25) is 5.91 Å². The number of alkyl halides is 3. The van der Waals surface area contributed by atoms with Gasteiger partial charge in [-0.2, -0.15) is 13.2 Å². The van der Waals surface area contributed by atoms with Crippen LogP contribution in [-0.2, 0) is 14.3 Å². The Morgan fingerprint density at radius 1 is 1.32 bits per heavy atom. The standard InChI is InChI=1S/C16H18F3N3O3/c17-16(18,19)11-3-6-22(7-4-11)15(24)14-13(21-12(23)9-25-14)10-2-1-5-20-8-10/h1-2,5,8,11,13-14H,3-4,6-7,9H2,(H,21,23)/t13-,14+/m1/s1. The Labute approximate surface area is 142 Å². The molecule has 0 radical (unpaired) electrons. The molecule has 9 heteroatoms. The zero-order chi connectivity index (χ0) is 18.0. The first kappa shape index (κ1) is 17.7. The van der Waals surface area contributed by atoms with E-state index in [1.165, 1.54) is 11.1 Å². The van der Waals surface area contributed by atoms with Crippen molar-refractivity contribution in [3.8, 4) is 0 Å². The fourth-order valence-corrected chi connectivity index (χ4v) is 3.19. The molecule has 0 unspecified atom stereocenters. The van der Waals surface area contributed by atoms with Crippen LogP contribution in [0.15, 0.2) is 24.5 Å². The highest BCUT2D eigenvalue weighted by Crippen LogP contribution is 2.35. The lowest BCUT2D eigenvalue weighted by Crippen LogP contribution is -2.55. The molecule has 0 bridgehead atoms. The summed E-state index contributed by atoms with van der Waals surface area (Å²) in [6.45, 7) is -0.209. The molecular formula is C16H18F3N3O3. The van der Waals surface area contributed by atoms with E-state index in [0.29, 0.717) is 5.56 Å². The number of halogens is 3. The van der Waals surface area contributed by atoms with Crippen LogP contribution in [0.5, 0.6) is 0 Å². The lowest BCUT2D eigenvalue weighted by molar-refractivity contribution is -0.188. The molecule has 25 heavy (non-hydrogen) atoms. The van der Waals surface area contributed by atoms with E-state index in [2.05, 4.69) is 10.3 Å². The number of pyridine rings is 1. The van der Waals surface area contributed by atoms with Crippen molar-refractivity contribution in [1.82, 2.24) is 15.2 Å². The predicted molar refractivity (Wildman–Crippen MR) is 80.2 cm³/mol. The topological polar surface area (TPSA) is 71.5 Å². The lowest BCUT2D eigenvalue weighted by Gasteiger charge is -2.38. The third-order valence-corrected chi connectivity index (χ3v) is 4.57. The van der Waals surface area contributed by atoms with E-state index in [-0.39, 0.29) is 38.4 Å². The van der Waals surface area contributed by atoms with Gasteiger partial charge in [-0.15, -0.1) is 0 Å². The van der Waals surface area contributed by atoms with Gasteiger partial charge in [-0.1, -0.05) is 6.07 Å². The molecule has 0 aromatic carbocycles. The molecule has 3 rings (SSSR count). The number of carbonyl (C=O) groups excluding carboxylic acids is 2. The van der Waals surface area contributed by atoms with Crippen LogP contribution < -0.4 is 5.32 Å².